The second-order valence-electron chi connectivity index (χ2n) is 9.80. The molecule has 2 amide bonds. The van der Waals surface area contributed by atoms with E-state index < -0.39 is 0 Å². The first kappa shape index (κ1) is 21.1. The number of carbonyl (C=O) groups excluding carboxylic acids is 2. The molecule has 3 aromatic rings. The predicted molar refractivity (Wildman–Crippen MR) is 129 cm³/mol. The van der Waals surface area contributed by atoms with Crippen molar-refractivity contribution in [3.05, 3.63) is 54.0 Å². The smallest absolute Gasteiger partial charge is 0.242 e. The van der Waals surface area contributed by atoms with E-state index >= 15 is 0 Å². The molecular weight excluding hydrogens is 428 g/mol. The summed E-state index contributed by atoms with van der Waals surface area (Å²) in [6.07, 6.45) is 6.43. The minimum atomic E-state index is 0.0904. The molecule has 2 aromatic heterocycles. The van der Waals surface area contributed by atoms with Crippen molar-refractivity contribution in [1.29, 1.82) is 0 Å². The summed E-state index contributed by atoms with van der Waals surface area (Å²) < 4.78 is 1.83. The van der Waals surface area contributed by atoms with Gasteiger partial charge in [-0.25, -0.2) is 9.97 Å². The fraction of sp³-hybridized carbons (Fsp3) is 0.462. The first-order valence-corrected chi connectivity index (χ1v) is 12.3. The second kappa shape index (κ2) is 8.42. The summed E-state index contributed by atoms with van der Waals surface area (Å²) in [7, 11) is 0. The van der Waals surface area contributed by atoms with E-state index in [1.165, 1.54) is 16.8 Å². The number of benzene rings is 1. The maximum absolute atomic E-state index is 13.2. The SMILES string of the molecule is C[C@@H]1CN(c2cccc3c2CN(C(=O)C2CC2)CC3)CCN1C(=O)Cn1cnc2cccnc21. The molecule has 1 atom stereocenters. The highest BCUT2D eigenvalue weighted by Gasteiger charge is 2.36. The summed E-state index contributed by atoms with van der Waals surface area (Å²) >= 11 is 0. The van der Waals surface area contributed by atoms with Crippen molar-refractivity contribution in [2.75, 3.05) is 31.1 Å². The van der Waals surface area contributed by atoms with Gasteiger partial charge in [0.2, 0.25) is 11.8 Å². The summed E-state index contributed by atoms with van der Waals surface area (Å²) in [6, 6.07) is 10.4. The number of piperazine rings is 1. The van der Waals surface area contributed by atoms with Crippen LogP contribution in [0.4, 0.5) is 5.69 Å². The van der Waals surface area contributed by atoms with E-state index in [4.69, 9.17) is 0 Å². The standard InChI is InChI=1S/C26H30N6O2/c1-18-14-29(12-13-32(18)24(33)16-31-17-28-22-5-3-10-27-25(22)31)23-6-2-4-19-9-11-30(15-21(19)23)26(34)20-7-8-20/h2-6,10,17-18,20H,7-9,11-16H2,1H3/t18-/m1/s1. The van der Waals surface area contributed by atoms with Crippen LogP contribution >= 0.6 is 0 Å². The van der Waals surface area contributed by atoms with Gasteiger partial charge >= 0.3 is 0 Å². The average Bonchev–Trinajstić information content (AvgIpc) is 3.64. The lowest BCUT2D eigenvalue weighted by Crippen LogP contribution is -2.55. The van der Waals surface area contributed by atoms with Crippen molar-refractivity contribution in [2.24, 2.45) is 5.92 Å². The Labute approximate surface area is 199 Å². The van der Waals surface area contributed by atoms with E-state index in [9.17, 15) is 9.59 Å². The third kappa shape index (κ3) is 3.81. The van der Waals surface area contributed by atoms with Gasteiger partial charge in [-0.05, 0) is 55.5 Å². The van der Waals surface area contributed by atoms with Crippen molar-refractivity contribution in [3.8, 4) is 0 Å². The largest absolute Gasteiger partial charge is 0.367 e. The van der Waals surface area contributed by atoms with Gasteiger partial charge in [-0.15, -0.1) is 0 Å². The summed E-state index contributed by atoms with van der Waals surface area (Å²) in [5.41, 5.74) is 5.39. The predicted octanol–water partition coefficient (Wildman–Crippen LogP) is 2.46. The number of pyridine rings is 1. The molecule has 1 aromatic carbocycles. The molecule has 6 rings (SSSR count). The number of carbonyl (C=O) groups is 2. The molecule has 0 radical (unpaired) electrons. The van der Waals surface area contributed by atoms with Crippen molar-refractivity contribution < 1.29 is 9.59 Å². The lowest BCUT2D eigenvalue weighted by Gasteiger charge is -2.42. The Morgan fingerprint density at radius 2 is 1.94 bits per heavy atom. The van der Waals surface area contributed by atoms with Gasteiger partial charge < -0.3 is 19.3 Å². The topological polar surface area (TPSA) is 74.6 Å². The van der Waals surface area contributed by atoms with Crippen molar-refractivity contribution in [1.82, 2.24) is 24.3 Å². The number of nitrogens with zero attached hydrogens (tertiary/aromatic N) is 6. The zero-order valence-corrected chi connectivity index (χ0v) is 19.6. The molecule has 2 aliphatic heterocycles. The van der Waals surface area contributed by atoms with Gasteiger partial charge in [0.15, 0.2) is 5.65 Å². The normalized spacial score (nSPS) is 20.5. The van der Waals surface area contributed by atoms with Crippen molar-refractivity contribution >= 4 is 28.7 Å². The highest BCUT2D eigenvalue weighted by Crippen LogP contribution is 2.35. The first-order chi connectivity index (χ1) is 16.6. The van der Waals surface area contributed by atoms with Crippen molar-refractivity contribution in [2.45, 2.75) is 45.3 Å². The third-order valence-electron chi connectivity index (χ3n) is 7.46. The number of imidazole rings is 1. The van der Waals surface area contributed by atoms with Gasteiger partial charge in [0.05, 0.1) is 6.33 Å². The molecule has 1 aliphatic carbocycles. The molecule has 8 heteroatoms. The van der Waals surface area contributed by atoms with E-state index in [2.05, 4.69) is 44.9 Å². The quantitative estimate of drug-likeness (QED) is 0.601. The van der Waals surface area contributed by atoms with Crippen LogP contribution in [0.25, 0.3) is 11.2 Å². The second-order valence-corrected chi connectivity index (χ2v) is 9.80. The average molecular weight is 459 g/mol. The Kier molecular flexibility index (Phi) is 5.23. The molecule has 1 saturated carbocycles. The first-order valence-electron chi connectivity index (χ1n) is 12.3. The lowest BCUT2D eigenvalue weighted by molar-refractivity contribution is -0.134. The minimum absolute atomic E-state index is 0.0904. The molecule has 0 N–H and O–H groups in total. The van der Waals surface area contributed by atoms with Gasteiger partial charge in [-0.3, -0.25) is 9.59 Å². The summed E-state index contributed by atoms with van der Waals surface area (Å²) in [5, 5.41) is 0. The molecule has 0 spiro atoms. The van der Waals surface area contributed by atoms with Crippen LogP contribution in [-0.4, -0.2) is 68.4 Å². The maximum atomic E-state index is 13.2. The highest BCUT2D eigenvalue weighted by atomic mass is 16.2. The van der Waals surface area contributed by atoms with E-state index in [0.717, 1.165) is 50.1 Å². The van der Waals surface area contributed by atoms with E-state index in [1.807, 2.05) is 21.6 Å². The van der Waals surface area contributed by atoms with Crippen LogP contribution in [0.15, 0.2) is 42.9 Å². The zero-order chi connectivity index (χ0) is 23.2. The number of hydrogen-bond acceptors (Lipinski definition) is 5. The fourth-order valence-corrected chi connectivity index (χ4v) is 5.43. The van der Waals surface area contributed by atoms with Crippen LogP contribution in [0, 0.1) is 5.92 Å². The summed E-state index contributed by atoms with van der Waals surface area (Å²) in [4.78, 5) is 41.0. The van der Waals surface area contributed by atoms with Crippen LogP contribution in [0.3, 0.4) is 0 Å². The Morgan fingerprint density at radius 3 is 2.76 bits per heavy atom. The fourth-order valence-electron chi connectivity index (χ4n) is 5.43. The Bertz CT molecular complexity index is 1250. The molecule has 8 nitrogen and oxygen atoms in total. The Morgan fingerprint density at radius 1 is 1.06 bits per heavy atom. The third-order valence-corrected chi connectivity index (χ3v) is 7.46. The van der Waals surface area contributed by atoms with Gasteiger partial charge in [0, 0.05) is 56.6 Å². The van der Waals surface area contributed by atoms with Crippen LogP contribution < -0.4 is 4.90 Å². The molecule has 2 fully saturated rings. The summed E-state index contributed by atoms with van der Waals surface area (Å²) in [5.74, 6) is 0.672. The Hall–Kier alpha value is -3.42. The molecule has 1 saturated heterocycles. The molecule has 3 aliphatic rings. The lowest BCUT2D eigenvalue weighted by atomic mass is 9.96. The number of hydrogen-bond donors (Lipinski definition) is 0. The number of rotatable bonds is 4. The zero-order valence-electron chi connectivity index (χ0n) is 19.6. The molecule has 4 heterocycles. The van der Waals surface area contributed by atoms with E-state index in [-0.39, 0.29) is 24.4 Å². The number of aromatic nitrogens is 3. The molecule has 34 heavy (non-hydrogen) atoms. The monoisotopic (exact) mass is 458 g/mol. The van der Waals surface area contributed by atoms with Gasteiger partial charge in [-0.2, -0.15) is 0 Å². The highest BCUT2D eigenvalue weighted by molar-refractivity contribution is 5.82. The molecule has 0 bridgehead atoms. The van der Waals surface area contributed by atoms with Gasteiger partial charge in [0.25, 0.3) is 0 Å². The van der Waals surface area contributed by atoms with E-state index in [0.29, 0.717) is 19.0 Å². The van der Waals surface area contributed by atoms with Crippen LogP contribution in [0.5, 0.6) is 0 Å². The maximum Gasteiger partial charge on any atom is 0.242 e. The number of fused-ring (bicyclic) bond motifs is 2. The molecule has 176 valence electrons. The molecule has 0 unspecified atom stereocenters. The minimum Gasteiger partial charge on any atom is -0.367 e. The van der Waals surface area contributed by atoms with E-state index in [1.54, 1.807) is 12.5 Å². The van der Waals surface area contributed by atoms with Crippen LogP contribution in [0.2, 0.25) is 0 Å². The van der Waals surface area contributed by atoms with Crippen LogP contribution in [0.1, 0.15) is 30.9 Å². The molecular formula is C26H30N6O2. The summed E-state index contributed by atoms with van der Waals surface area (Å²) in [6.45, 7) is 6.13. The van der Waals surface area contributed by atoms with Gasteiger partial charge in [0.1, 0.15) is 12.1 Å². The van der Waals surface area contributed by atoms with Gasteiger partial charge in [-0.1, -0.05) is 12.1 Å². The Balaban J connectivity index is 1.16. The van der Waals surface area contributed by atoms with Crippen molar-refractivity contribution in [3.63, 3.8) is 0 Å². The number of amides is 2. The number of anilines is 1. The van der Waals surface area contributed by atoms with Crippen LogP contribution in [-0.2, 0) is 29.1 Å².